The van der Waals surface area contributed by atoms with Gasteiger partial charge in [0.1, 0.15) is 6.54 Å². The SMILES string of the molecule is COc1ccc(N(CC(=O)N/N=C/c2cc(C)n(-c3ccc(Cl)c(Cl)c3)c2C)S(=O)(=O)c2ccc(C)cc2)cc1OC. The lowest BCUT2D eigenvalue weighted by molar-refractivity contribution is -0.119. The van der Waals surface area contributed by atoms with Crippen molar-refractivity contribution in [3.63, 3.8) is 0 Å². The molecule has 220 valence electrons. The van der Waals surface area contributed by atoms with Crippen LogP contribution in [0.15, 0.2) is 76.7 Å². The normalized spacial score (nSPS) is 11.5. The van der Waals surface area contributed by atoms with Gasteiger partial charge in [-0.1, -0.05) is 40.9 Å². The van der Waals surface area contributed by atoms with Gasteiger partial charge < -0.3 is 14.0 Å². The van der Waals surface area contributed by atoms with E-state index in [1.54, 1.807) is 36.4 Å². The summed E-state index contributed by atoms with van der Waals surface area (Å²) < 4.78 is 41.0. The van der Waals surface area contributed by atoms with Gasteiger partial charge in [-0.2, -0.15) is 5.10 Å². The molecule has 12 heteroatoms. The van der Waals surface area contributed by atoms with Gasteiger partial charge >= 0.3 is 0 Å². The number of nitrogens with one attached hydrogen (secondary N) is 1. The maximum Gasteiger partial charge on any atom is 0.264 e. The van der Waals surface area contributed by atoms with Crippen molar-refractivity contribution in [1.29, 1.82) is 0 Å². The average Bonchev–Trinajstić information content (AvgIpc) is 3.25. The lowest BCUT2D eigenvalue weighted by atomic mass is 10.2. The molecule has 1 amide bonds. The number of nitrogens with zero attached hydrogens (tertiary/aromatic N) is 3. The van der Waals surface area contributed by atoms with Crippen LogP contribution in [0.2, 0.25) is 10.0 Å². The largest absolute Gasteiger partial charge is 0.493 e. The summed E-state index contributed by atoms with van der Waals surface area (Å²) >= 11 is 12.3. The molecule has 0 radical (unpaired) electrons. The molecule has 1 aromatic heterocycles. The van der Waals surface area contributed by atoms with Gasteiger partial charge in [0.2, 0.25) is 0 Å². The van der Waals surface area contributed by atoms with Crippen LogP contribution in [0, 0.1) is 20.8 Å². The highest BCUT2D eigenvalue weighted by atomic mass is 35.5. The van der Waals surface area contributed by atoms with Crippen molar-refractivity contribution in [2.75, 3.05) is 25.1 Å². The number of rotatable bonds is 10. The molecule has 1 N–H and O–H groups in total. The number of hydrogen-bond acceptors (Lipinski definition) is 6. The molecule has 0 saturated carbocycles. The Morgan fingerprint density at radius 1 is 0.929 bits per heavy atom. The van der Waals surface area contributed by atoms with Gasteiger partial charge in [-0.25, -0.2) is 13.8 Å². The molecule has 0 unspecified atom stereocenters. The van der Waals surface area contributed by atoms with Crippen molar-refractivity contribution >= 4 is 51.0 Å². The minimum atomic E-state index is -4.13. The van der Waals surface area contributed by atoms with E-state index in [4.69, 9.17) is 32.7 Å². The molecule has 0 aliphatic carbocycles. The molecule has 9 nitrogen and oxygen atoms in total. The fourth-order valence-corrected chi connectivity index (χ4v) is 6.12. The van der Waals surface area contributed by atoms with Crippen LogP contribution >= 0.6 is 23.2 Å². The first-order valence-electron chi connectivity index (χ1n) is 12.7. The maximum absolute atomic E-state index is 13.7. The minimum Gasteiger partial charge on any atom is -0.493 e. The number of aryl methyl sites for hydroxylation is 2. The molecule has 1 heterocycles. The average molecular weight is 630 g/mol. The van der Waals surface area contributed by atoms with Crippen LogP contribution in [0.4, 0.5) is 5.69 Å². The predicted molar refractivity (Wildman–Crippen MR) is 166 cm³/mol. The molecule has 0 aliphatic rings. The number of hydrogen-bond donors (Lipinski definition) is 1. The quantitative estimate of drug-likeness (QED) is 0.170. The van der Waals surface area contributed by atoms with Crippen LogP contribution < -0.4 is 19.2 Å². The Morgan fingerprint density at radius 2 is 1.62 bits per heavy atom. The molecular formula is C30H30Cl2N4O5S. The second-order valence-corrected chi connectivity index (χ2v) is 12.1. The number of aromatic nitrogens is 1. The number of benzene rings is 3. The Balaban J connectivity index is 1.60. The summed E-state index contributed by atoms with van der Waals surface area (Å²) in [6, 6.07) is 18.3. The summed E-state index contributed by atoms with van der Waals surface area (Å²) in [6.45, 7) is 5.16. The van der Waals surface area contributed by atoms with Crippen molar-refractivity contribution in [1.82, 2.24) is 9.99 Å². The zero-order valence-corrected chi connectivity index (χ0v) is 26.0. The van der Waals surface area contributed by atoms with Gasteiger partial charge in [0.05, 0.1) is 41.1 Å². The molecule has 0 aliphatic heterocycles. The molecule has 0 fully saturated rings. The van der Waals surface area contributed by atoms with Gasteiger partial charge in [0.25, 0.3) is 15.9 Å². The third kappa shape index (κ3) is 6.56. The fourth-order valence-electron chi connectivity index (χ4n) is 4.41. The lowest BCUT2D eigenvalue weighted by Gasteiger charge is -2.24. The highest BCUT2D eigenvalue weighted by Crippen LogP contribution is 2.34. The van der Waals surface area contributed by atoms with Gasteiger partial charge in [-0.3, -0.25) is 9.10 Å². The summed E-state index contributed by atoms with van der Waals surface area (Å²) in [6.07, 6.45) is 1.50. The zero-order valence-electron chi connectivity index (χ0n) is 23.7. The molecule has 0 bridgehead atoms. The number of sulfonamides is 1. The number of halogens is 2. The van der Waals surface area contributed by atoms with Crippen LogP contribution in [-0.4, -0.2) is 45.9 Å². The third-order valence-corrected chi connectivity index (χ3v) is 9.10. The smallest absolute Gasteiger partial charge is 0.264 e. The first-order valence-corrected chi connectivity index (χ1v) is 14.9. The van der Waals surface area contributed by atoms with Crippen molar-refractivity contribution in [3.05, 3.63) is 99.3 Å². The standard InChI is InChI=1S/C30H30Cl2N4O5S/c1-19-6-10-25(11-7-19)42(38,39)35(23-9-13-28(40-4)29(16-23)41-5)18-30(37)34-33-17-22-14-20(2)36(21(22)3)24-8-12-26(31)27(32)15-24/h6-17H,18H2,1-5H3,(H,34,37)/b33-17+. The van der Waals surface area contributed by atoms with Gasteiger partial charge in [0, 0.05) is 28.7 Å². The number of amides is 1. The fraction of sp³-hybridized carbons (Fsp3) is 0.200. The van der Waals surface area contributed by atoms with E-state index in [-0.39, 0.29) is 10.6 Å². The van der Waals surface area contributed by atoms with E-state index in [2.05, 4.69) is 10.5 Å². The zero-order chi connectivity index (χ0) is 30.6. The first kappa shape index (κ1) is 31.0. The Bertz CT molecular complexity index is 1750. The van der Waals surface area contributed by atoms with Crippen molar-refractivity contribution in [2.24, 2.45) is 5.10 Å². The van der Waals surface area contributed by atoms with E-state index in [1.165, 1.54) is 38.6 Å². The van der Waals surface area contributed by atoms with E-state index in [0.29, 0.717) is 21.5 Å². The van der Waals surface area contributed by atoms with Crippen LogP contribution in [0.3, 0.4) is 0 Å². The molecule has 3 aromatic carbocycles. The summed E-state index contributed by atoms with van der Waals surface area (Å²) in [5.41, 5.74) is 6.93. The van der Waals surface area contributed by atoms with Crippen LogP contribution in [0.5, 0.6) is 11.5 Å². The van der Waals surface area contributed by atoms with E-state index in [0.717, 1.165) is 32.5 Å². The Morgan fingerprint density at radius 3 is 2.26 bits per heavy atom. The molecule has 4 aromatic rings. The van der Waals surface area contributed by atoms with Crippen molar-refractivity contribution in [2.45, 2.75) is 25.7 Å². The van der Waals surface area contributed by atoms with E-state index in [9.17, 15) is 13.2 Å². The summed E-state index contributed by atoms with van der Waals surface area (Å²) in [7, 11) is -1.21. The molecule has 42 heavy (non-hydrogen) atoms. The van der Waals surface area contributed by atoms with E-state index >= 15 is 0 Å². The topological polar surface area (TPSA) is 102 Å². The summed E-state index contributed by atoms with van der Waals surface area (Å²) in [5, 5.41) is 5.00. The van der Waals surface area contributed by atoms with Crippen molar-refractivity contribution < 1.29 is 22.7 Å². The summed E-state index contributed by atoms with van der Waals surface area (Å²) in [5.74, 6) is 0.0892. The predicted octanol–water partition coefficient (Wildman–Crippen LogP) is 6.07. The monoisotopic (exact) mass is 628 g/mol. The highest BCUT2D eigenvalue weighted by Gasteiger charge is 2.28. The van der Waals surface area contributed by atoms with Gasteiger partial charge in [-0.15, -0.1) is 0 Å². The lowest BCUT2D eigenvalue weighted by Crippen LogP contribution is -2.39. The molecule has 0 atom stereocenters. The second kappa shape index (κ2) is 12.9. The summed E-state index contributed by atoms with van der Waals surface area (Å²) in [4.78, 5) is 13.1. The van der Waals surface area contributed by atoms with Crippen molar-refractivity contribution in [3.8, 4) is 17.2 Å². The highest BCUT2D eigenvalue weighted by molar-refractivity contribution is 7.92. The first-order chi connectivity index (χ1) is 20.0. The number of carbonyl (C=O) groups excluding carboxylic acids is 1. The minimum absolute atomic E-state index is 0.0360. The van der Waals surface area contributed by atoms with Crippen LogP contribution in [0.25, 0.3) is 5.69 Å². The number of anilines is 1. The molecule has 0 saturated heterocycles. The van der Waals surface area contributed by atoms with Gasteiger partial charge in [-0.05, 0) is 69.3 Å². The Labute approximate surface area is 255 Å². The second-order valence-electron chi connectivity index (χ2n) is 9.42. The van der Waals surface area contributed by atoms with Gasteiger partial charge in [0.15, 0.2) is 11.5 Å². The Hall–Kier alpha value is -3.99. The number of ether oxygens (including phenoxy) is 2. The van der Waals surface area contributed by atoms with E-state index < -0.39 is 22.5 Å². The van der Waals surface area contributed by atoms with Crippen LogP contribution in [-0.2, 0) is 14.8 Å². The molecule has 4 rings (SSSR count). The Kier molecular flexibility index (Phi) is 9.50. The number of carbonyl (C=O) groups is 1. The molecular weight excluding hydrogens is 599 g/mol. The molecule has 0 spiro atoms. The number of hydrazone groups is 1. The maximum atomic E-state index is 13.7. The third-order valence-electron chi connectivity index (χ3n) is 6.58. The van der Waals surface area contributed by atoms with Crippen LogP contribution in [0.1, 0.15) is 22.5 Å². The number of methoxy groups -OCH3 is 2. The van der Waals surface area contributed by atoms with E-state index in [1.807, 2.05) is 37.5 Å².